The molecule has 4 amide bonds. The fourth-order valence-corrected chi connectivity index (χ4v) is 6.64. The number of rotatable bonds is 16. The van der Waals surface area contributed by atoms with Crippen molar-refractivity contribution < 1.29 is 28.7 Å². The van der Waals surface area contributed by atoms with E-state index in [1.807, 2.05) is 32.6 Å². The van der Waals surface area contributed by atoms with Crippen molar-refractivity contribution in [3.8, 4) is 0 Å². The topological polar surface area (TPSA) is 143 Å². The number of hydrogen-bond acceptors (Lipinski definition) is 7. The number of carbonyl (C=O) groups excluding carboxylic acids is 4. The quantitative estimate of drug-likeness (QED) is 0.252. The molecule has 1 saturated heterocycles. The summed E-state index contributed by atoms with van der Waals surface area (Å²) in [6, 6.07) is -0.931. The fraction of sp³-hybridized carbons (Fsp3) is 0.862. The van der Waals surface area contributed by atoms with Gasteiger partial charge in [-0.1, -0.05) is 48.0 Å². The Kier molecular flexibility index (Phi) is 12.4. The number of carbonyl (C=O) groups is 4. The van der Waals surface area contributed by atoms with Gasteiger partial charge in [0, 0.05) is 27.3 Å². The van der Waals surface area contributed by atoms with E-state index in [0.717, 1.165) is 12.8 Å². The van der Waals surface area contributed by atoms with Crippen molar-refractivity contribution in [3.05, 3.63) is 0 Å². The summed E-state index contributed by atoms with van der Waals surface area (Å²) >= 11 is 0. The Bertz CT molecular complexity index is 900. The maximum absolute atomic E-state index is 13.9. The third kappa shape index (κ3) is 7.33. The minimum absolute atomic E-state index is 0.0340. The molecule has 1 heterocycles. The lowest BCUT2D eigenvalue weighted by Crippen LogP contribution is -2.55. The number of amides is 4. The number of methoxy groups -OCH3 is 2. The highest BCUT2D eigenvalue weighted by molar-refractivity contribution is 5.87. The van der Waals surface area contributed by atoms with Gasteiger partial charge in [-0.2, -0.15) is 0 Å². The van der Waals surface area contributed by atoms with E-state index in [1.165, 1.54) is 0 Å². The molecule has 1 saturated carbocycles. The molecule has 0 radical (unpaired) electrons. The molecular weight excluding hydrogens is 514 g/mol. The van der Waals surface area contributed by atoms with Gasteiger partial charge in [-0.05, 0) is 37.1 Å². The summed E-state index contributed by atoms with van der Waals surface area (Å²) in [5.74, 6) is -0.703. The molecule has 2 rings (SSSR count). The second-order valence-corrected chi connectivity index (χ2v) is 12.1. The molecule has 10 atom stereocenters. The van der Waals surface area contributed by atoms with Gasteiger partial charge in [0.2, 0.25) is 23.6 Å². The van der Waals surface area contributed by atoms with Gasteiger partial charge in [0.05, 0.1) is 49.2 Å². The number of primary amides is 1. The first-order valence-corrected chi connectivity index (χ1v) is 14.6. The summed E-state index contributed by atoms with van der Waals surface area (Å²) in [7, 11) is 6.53. The van der Waals surface area contributed by atoms with Crippen LogP contribution in [0.2, 0.25) is 0 Å². The predicted octanol–water partition coefficient (Wildman–Crippen LogP) is 0.997. The second kappa shape index (κ2) is 14.6. The first-order valence-electron chi connectivity index (χ1n) is 14.6. The summed E-state index contributed by atoms with van der Waals surface area (Å²) < 4.78 is 11.6. The van der Waals surface area contributed by atoms with Gasteiger partial charge in [-0.25, -0.2) is 0 Å². The minimum Gasteiger partial charge on any atom is -0.379 e. The van der Waals surface area contributed by atoms with Crippen molar-refractivity contribution in [1.82, 2.24) is 20.4 Å². The zero-order chi connectivity index (χ0) is 30.5. The van der Waals surface area contributed by atoms with Crippen LogP contribution in [0.3, 0.4) is 0 Å². The lowest BCUT2D eigenvalue weighted by molar-refractivity contribution is -0.147. The van der Waals surface area contributed by atoms with Crippen LogP contribution in [0.15, 0.2) is 0 Å². The first kappa shape index (κ1) is 34.0. The van der Waals surface area contributed by atoms with E-state index in [1.54, 1.807) is 40.1 Å². The highest BCUT2D eigenvalue weighted by Gasteiger charge is 2.62. The zero-order valence-electron chi connectivity index (χ0n) is 26.1. The number of nitrogens with one attached hydrogen (secondary N) is 2. The summed E-state index contributed by atoms with van der Waals surface area (Å²) in [4.78, 5) is 55.3. The van der Waals surface area contributed by atoms with E-state index in [2.05, 4.69) is 17.6 Å². The molecule has 1 aliphatic heterocycles. The van der Waals surface area contributed by atoms with Gasteiger partial charge in [-0.15, -0.1) is 0 Å². The average Bonchev–Trinajstić information content (AvgIpc) is 3.34. The van der Waals surface area contributed by atoms with E-state index in [4.69, 9.17) is 15.2 Å². The highest BCUT2D eigenvalue weighted by Crippen LogP contribution is 2.54. The number of likely N-dealkylation sites (tertiary alicyclic amines) is 1. The Hall–Kier alpha value is -2.24. The molecule has 10 unspecified atom stereocenters. The maximum Gasteiger partial charge on any atom is 0.242 e. The van der Waals surface area contributed by atoms with Crippen molar-refractivity contribution in [2.24, 2.45) is 35.3 Å². The largest absolute Gasteiger partial charge is 0.379 e. The Morgan fingerprint density at radius 1 is 1.10 bits per heavy atom. The molecule has 11 heteroatoms. The fourth-order valence-electron chi connectivity index (χ4n) is 6.64. The van der Waals surface area contributed by atoms with Crippen LogP contribution in [-0.2, 0) is 28.7 Å². The molecule has 230 valence electrons. The molecule has 40 heavy (non-hydrogen) atoms. The SMILES string of the molecule is CCC(C)C(C(CC(=O)N1C(C(OC)C(C)C(N)=O)CC2C(C)C21)OC)N(C)C(=O)CNC(=O)C(NC)C(C)C. The number of nitrogens with two attached hydrogens (primary N) is 1. The van der Waals surface area contributed by atoms with Gasteiger partial charge >= 0.3 is 0 Å². The van der Waals surface area contributed by atoms with Crippen LogP contribution in [0.5, 0.6) is 0 Å². The molecule has 0 aromatic heterocycles. The van der Waals surface area contributed by atoms with Crippen molar-refractivity contribution in [3.63, 3.8) is 0 Å². The van der Waals surface area contributed by atoms with E-state index in [0.29, 0.717) is 11.8 Å². The van der Waals surface area contributed by atoms with Crippen LogP contribution in [0.1, 0.15) is 60.8 Å². The van der Waals surface area contributed by atoms with Crippen LogP contribution < -0.4 is 16.4 Å². The van der Waals surface area contributed by atoms with E-state index in [9.17, 15) is 19.2 Å². The van der Waals surface area contributed by atoms with Crippen LogP contribution in [-0.4, -0.2) is 105 Å². The number of ether oxygens (including phenoxy) is 2. The molecule has 1 aliphatic carbocycles. The maximum atomic E-state index is 13.9. The molecule has 11 nitrogen and oxygen atoms in total. The first-order chi connectivity index (χ1) is 18.8. The Balaban J connectivity index is 2.21. The highest BCUT2D eigenvalue weighted by atomic mass is 16.5. The number of hydrogen-bond donors (Lipinski definition) is 3. The number of fused-ring (bicyclic) bond motifs is 1. The van der Waals surface area contributed by atoms with Gasteiger partial charge < -0.3 is 35.6 Å². The smallest absolute Gasteiger partial charge is 0.242 e. The molecule has 2 fully saturated rings. The third-order valence-electron chi connectivity index (χ3n) is 9.39. The number of nitrogens with zero attached hydrogens (tertiary/aromatic N) is 2. The zero-order valence-corrected chi connectivity index (χ0v) is 26.1. The number of piperidine rings is 1. The molecule has 0 aromatic rings. The summed E-state index contributed by atoms with van der Waals surface area (Å²) in [6.45, 7) is 11.7. The van der Waals surface area contributed by atoms with E-state index >= 15 is 0 Å². The molecule has 0 bridgehead atoms. The molecule has 0 aromatic carbocycles. The Morgan fingerprint density at radius 3 is 2.20 bits per heavy atom. The second-order valence-electron chi connectivity index (χ2n) is 12.1. The normalized spacial score (nSPS) is 26.3. The van der Waals surface area contributed by atoms with Crippen LogP contribution in [0.4, 0.5) is 0 Å². The van der Waals surface area contributed by atoms with Gasteiger partial charge in [-0.3, -0.25) is 19.2 Å². The van der Waals surface area contributed by atoms with Crippen LogP contribution in [0, 0.1) is 29.6 Å². The van der Waals surface area contributed by atoms with Crippen LogP contribution in [0.25, 0.3) is 0 Å². The van der Waals surface area contributed by atoms with Crippen molar-refractivity contribution in [2.75, 3.05) is 34.9 Å². The lowest BCUT2D eigenvalue weighted by atomic mass is 9.90. The van der Waals surface area contributed by atoms with Crippen molar-refractivity contribution >= 4 is 23.6 Å². The Morgan fingerprint density at radius 2 is 1.73 bits per heavy atom. The minimum atomic E-state index is -0.559. The molecular formula is C29H53N5O6. The summed E-state index contributed by atoms with van der Waals surface area (Å²) in [6.07, 6.45) is 0.568. The predicted molar refractivity (Wildman–Crippen MR) is 153 cm³/mol. The summed E-state index contributed by atoms with van der Waals surface area (Å²) in [5, 5.41) is 5.74. The van der Waals surface area contributed by atoms with Gasteiger partial charge in [0.1, 0.15) is 0 Å². The standard InChI is InChI=1S/C29H53N5O6/c1-11-16(4)25(33(8)23(36)14-32-29(38)24(31-7)15(2)3)21(39-9)13-22(35)34-20(12-19-17(5)26(19)34)27(40-10)18(6)28(30)37/h15-21,24-27,31H,11-14H2,1-10H3,(H2,30,37)(H,32,38). The number of likely N-dealkylation sites (N-methyl/N-ethyl adjacent to an activating group) is 2. The average molecular weight is 568 g/mol. The van der Waals surface area contributed by atoms with Crippen molar-refractivity contribution in [1.29, 1.82) is 0 Å². The third-order valence-corrected chi connectivity index (χ3v) is 9.39. The van der Waals surface area contributed by atoms with E-state index < -0.39 is 30.1 Å². The van der Waals surface area contributed by atoms with Gasteiger partial charge in [0.25, 0.3) is 0 Å². The van der Waals surface area contributed by atoms with Crippen LogP contribution >= 0.6 is 0 Å². The van der Waals surface area contributed by atoms with Crippen molar-refractivity contribution in [2.45, 2.75) is 97.2 Å². The summed E-state index contributed by atoms with van der Waals surface area (Å²) in [5.41, 5.74) is 5.60. The Labute approximate surface area is 240 Å². The molecule has 4 N–H and O–H groups in total. The molecule has 0 spiro atoms. The van der Waals surface area contributed by atoms with E-state index in [-0.39, 0.29) is 60.6 Å². The molecule has 2 aliphatic rings. The monoisotopic (exact) mass is 567 g/mol. The van der Waals surface area contributed by atoms with Gasteiger partial charge in [0.15, 0.2) is 0 Å². The lowest BCUT2D eigenvalue weighted by Gasteiger charge is -2.40.